The van der Waals surface area contributed by atoms with Crippen LogP contribution in [-0.2, 0) is 4.79 Å². The summed E-state index contributed by atoms with van der Waals surface area (Å²) >= 11 is 9.44. The molecular weight excluding hydrogens is 346 g/mol. The SMILES string of the molecule is C[C@@H]1[C@H](C(=O)O)CCCN1C(=O)c1cccc(Br)c1Cl. The van der Waals surface area contributed by atoms with Crippen LogP contribution in [-0.4, -0.2) is 34.5 Å². The number of nitrogens with zero attached hydrogens (tertiary/aromatic N) is 1. The lowest BCUT2D eigenvalue weighted by Gasteiger charge is -2.37. The molecule has 0 spiro atoms. The summed E-state index contributed by atoms with van der Waals surface area (Å²) in [7, 11) is 0. The fourth-order valence-electron chi connectivity index (χ4n) is 2.58. The molecule has 1 aliphatic heterocycles. The van der Waals surface area contributed by atoms with E-state index in [1.807, 2.05) is 0 Å². The summed E-state index contributed by atoms with van der Waals surface area (Å²) in [6, 6.07) is 4.83. The fraction of sp³-hybridized carbons (Fsp3) is 0.429. The van der Waals surface area contributed by atoms with Gasteiger partial charge in [-0.25, -0.2) is 0 Å². The number of amides is 1. The summed E-state index contributed by atoms with van der Waals surface area (Å²) in [6.07, 6.45) is 1.30. The topological polar surface area (TPSA) is 57.6 Å². The van der Waals surface area contributed by atoms with Gasteiger partial charge in [-0.15, -0.1) is 0 Å². The van der Waals surface area contributed by atoms with E-state index in [-0.39, 0.29) is 11.9 Å². The quantitative estimate of drug-likeness (QED) is 0.879. The number of carboxylic acids is 1. The Kier molecular flexibility index (Phi) is 4.70. The van der Waals surface area contributed by atoms with Crippen LogP contribution in [0.3, 0.4) is 0 Å². The van der Waals surface area contributed by atoms with E-state index in [1.165, 1.54) is 0 Å². The van der Waals surface area contributed by atoms with Gasteiger partial charge in [0.2, 0.25) is 0 Å². The van der Waals surface area contributed by atoms with E-state index in [0.29, 0.717) is 34.4 Å². The Morgan fingerprint density at radius 3 is 2.80 bits per heavy atom. The first-order chi connectivity index (χ1) is 9.43. The molecule has 2 rings (SSSR count). The second kappa shape index (κ2) is 6.14. The van der Waals surface area contributed by atoms with Crippen molar-refractivity contribution < 1.29 is 14.7 Å². The number of carboxylic acid groups (broad SMARTS) is 1. The predicted molar refractivity (Wildman–Crippen MR) is 80.0 cm³/mol. The van der Waals surface area contributed by atoms with Crippen molar-refractivity contribution in [1.82, 2.24) is 4.90 Å². The van der Waals surface area contributed by atoms with E-state index in [2.05, 4.69) is 15.9 Å². The number of carbonyl (C=O) groups excluding carboxylic acids is 1. The van der Waals surface area contributed by atoms with Gasteiger partial charge in [0, 0.05) is 17.1 Å². The minimum atomic E-state index is -0.852. The molecule has 0 aliphatic carbocycles. The number of carbonyl (C=O) groups is 2. The highest BCUT2D eigenvalue weighted by molar-refractivity contribution is 9.10. The first kappa shape index (κ1) is 15.3. The molecule has 0 aromatic heterocycles. The maximum atomic E-state index is 12.6. The minimum absolute atomic E-state index is 0.213. The smallest absolute Gasteiger partial charge is 0.308 e. The van der Waals surface area contributed by atoms with Gasteiger partial charge >= 0.3 is 5.97 Å². The van der Waals surface area contributed by atoms with Gasteiger partial charge in [0.15, 0.2) is 0 Å². The van der Waals surface area contributed by atoms with Crippen molar-refractivity contribution in [3.63, 3.8) is 0 Å². The highest BCUT2D eigenvalue weighted by atomic mass is 79.9. The first-order valence-electron chi connectivity index (χ1n) is 6.41. The monoisotopic (exact) mass is 359 g/mol. The zero-order valence-electron chi connectivity index (χ0n) is 11.0. The van der Waals surface area contributed by atoms with Gasteiger partial charge in [0.1, 0.15) is 0 Å². The summed E-state index contributed by atoms with van der Waals surface area (Å²) in [5.74, 6) is -1.58. The highest BCUT2D eigenvalue weighted by Crippen LogP contribution is 2.30. The Balaban J connectivity index is 2.28. The number of aliphatic carboxylic acids is 1. The van der Waals surface area contributed by atoms with Crippen molar-refractivity contribution in [3.8, 4) is 0 Å². The summed E-state index contributed by atoms with van der Waals surface area (Å²) in [6.45, 7) is 2.34. The van der Waals surface area contributed by atoms with Crippen LogP contribution < -0.4 is 0 Å². The average Bonchev–Trinajstić information content (AvgIpc) is 2.41. The van der Waals surface area contributed by atoms with Gasteiger partial charge in [-0.05, 0) is 47.8 Å². The van der Waals surface area contributed by atoms with Crippen molar-refractivity contribution in [2.75, 3.05) is 6.54 Å². The van der Waals surface area contributed by atoms with Crippen LogP contribution in [0.25, 0.3) is 0 Å². The van der Waals surface area contributed by atoms with Crippen LogP contribution in [0.5, 0.6) is 0 Å². The second-order valence-corrected chi connectivity index (χ2v) is 6.16. The standard InChI is InChI=1S/C14H15BrClNO3/c1-8-9(14(19)20)5-3-7-17(8)13(18)10-4-2-6-11(15)12(10)16/h2,4,6,8-9H,3,5,7H2,1H3,(H,19,20)/t8-,9-/m1/s1. The fourth-order valence-corrected chi connectivity index (χ4v) is 3.16. The Bertz CT molecular complexity index is 549. The molecule has 0 radical (unpaired) electrons. The van der Waals surface area contributed by atoms with Gasteiger partial charge < -0.3 is 10.0 Å². The number of likely N-dealkylation sites (tertiary alicyclic amines) is 1. The zero-order chi connectivity index (χ0) is 14.9. The summed E-state index contributed by atoms with van der Waals surface area (Å²) in [5.41, 5.74) is 0.402. The molecule has 20 heavy (non-hydrogen) atoms. The van der Waals surface area contributed by atoms with Crippen LogP contribution in [0.4, 0.5) is 0 Å². The number of hydrogen-bond donors (Lipinski definition) is 1. The lowest BCUT2D eigenvalue weighted by Crippen LogP contribution is -2.49. The van der Waals surface area contributed by atoms with Gasteiger partial charge in [0.05, 0.1) is 16.5 Å². The average molecular weight is 361 g/mol. The molecule has 1 amide bonds. The zero-order valence-corrected chi connectivity index (χ0v) is 13.3. The molecule has 108 valence electrons. The second-order valence-electron chi connectivity index (χ2n) is 4.93. The van der Waals surface area contributed by atoms with Crippen molar-refractivity contribution in [1.29, 1.82) is 0 Å². The maximum Gasteiger partial charge on any atom is 0.308 e. The number of rotatable bonds is 2. The highest BCUT2D eigenvalue weighted by Gasteiger charge is 2.36. The molecule has 6 heteroatoms. The molecular formula is C14H15BrClNO3. The number of benzene rings is 1. The summed E-state index contributed by atoms with van der Waals surface area (Å²) in [4.78, 5) is 25.4. The molecule has 0 bridgehead atoms. The largest absolute Gasteiger partial charge is 0.481 e. The molecule has 1 heterocycles. The third-order valence-corrected chi connectivity index (χ3v) is 5.04. The molecule has 1 saturated heterocycles. The van der Waals surface area contributed by atoms with Crippen LogP contribution in [0.1, 0.15) is 30.1 Å². The molecule has 1 fully saturated rings. The Morgan fingerprint density at radius 1 is 1.45 bits per heavy atom. The Labute approximate surface area is 130 Å². The van der Waals surface area contributed by atoms with E-state index in [9.17, 15) is 14.7 Å². The number of hydrogen-bond acceptors (Lipinski definition) is 2. The van der Waals surface area contributed by atoms with E-state index in [1.54, 1.807) is 30.0 Å². The third-order valence-electron chi connectivity index (χ3n) is 3.75. The van der Waals surface area contributed by atoms with Gasteiger partial charge in [-0.3, -0.25) is 9.59 Å². The van der Waals surface area contributed by atoms with Gasteiger partial charge in [-0.2, -0.15) is 0 Å². The Morgan fingerprint density at radius 2 is 2.15 bits per heavy atom. The van der Waals surface area contributed by atoms with E-state index in [0.717, 1.165) is 0 Å². The van der Waals surface area contributed by atoms with E-state index < -0.39 is 11.9 Å². The van der Waals surface area contributed by atoms with Crippen LogP contribution in [0, 0.1) is 5.92 Å². The van der Waals surface area contributed by atoms with Crippen molar-refractivity contribution in [2.24, 2.45) is 5.92 Å². The lowest BCUT2D eigenvalue weighted by atomic mass is 9.90. The van der Waals surface area contributed by atoms with Crippen molar-refractivity contribution in [3.05, 3.63) is 33.3 Å². The molecule has 1 aliphatic rings. The molecule has 1 aromatic carbocycles. The normalized spacial score (nSPS) is 22.6. The van der Waals surface area contributed by atoms with Crippen molar-refractivity contribution >= 4 is 39.4 Å². The molecule has 0 saturated carbocycles. The van der Waals surface area contributed by atoms with Crippen LogP contribution >= 0.6 is 27.5 Å². The summed E-state index contributed by atoms with van der Waals surface area (Å²) in [5, 5.41) is 9.57. The van der Waals surface area contributed by atoms with Crippen molar-refractivity contribution in [2.45, 2.75) is 25.8 Å². The first-order valence-corrected chi connectivity index (χ1v) is 7.58. The molecule has 2 atom stereocenters. The van der Waals surface area contributed by atoms with Crippen LogP contribution in [0.15, 0.2) is 22.7 Å². The molecule has 4 nitrogen and oxygen atoms in total. The van der Waals surface area contributed by atoms with Crippen LogP contribution in [0.2, 0.25) is 5.02 Å². The Hall–Kier alpha value is -1.07. The number of halogens is 2. The maximum absolute atomic E-state index is 12.6. The third kappa shape index (κ3) is 2.83. The molecule has 0 unspecified atom stereocenters. The lowest BCUT2D eigenvalue weighted by molar-refractivity contribution is -0.144. The predicted octanol–water partition coefficient (Wildman–Crippen LogP) is 3.43. The van der Waals surface area contributed by atoms with E-state index in [4.69, 9.17) is 11.6 Å². The number of piperidine rings is 1. The minimum Gasteiger partial charge on any atom is -0.481 e. The summed E-state index contributed by atoms with van der Waals surface area (Å²) < 4.78 is 0.657. The molecule has 1 aromatic rings. The van der Waals surface area contributed by atoms with Gasteiger partial charge in [-0.1, -0.05) is 17.7 Å². The molecule has 1 N–H and O–H groups in total. The van der Waals surface area contributed by atoms with E-state index >= 15 is 0 Å². The van der Waals surface area contributed by atoms with Gasteiger partial charge in [0.25, 0.3) is 5.91 Å².